The van der Waals surface area contributed by atoms with Crippen molar-refractivity contribution in [3.05, 3.63) is 51.3 Å². The zero-order chi connectivity index (χ0) is 17.5. The topological polar surface area (TPSA) is 89.9 Å². The highest BCUT2D eigenvalue weighted by Gasteiger charge is 2.15. The maximum absolute atomic E-state index is 12.6. The maximum Gasteiger partial charge on any atom is 0.296 e. The number of ether oxygens (including phenoxy) is 1. The van der Waals surface area contributed by atoms with E-state index in [1.54, 1.807) is 0 Å². The van der Waals surface area contributed by atoms with Gasteiger partial charge in [-0.2, -0.15) is 0 Å². The summed E-state index contributed by atoms with van der Waals surface area (Å²) in [5.41, 5.74) is -0.117. The number of H-pyrrole nitrogens is 1. The number of nitrogens with one attached hydrogen (secondary N) is 1. The maximum atomic E-state index is 12.6. The lowest BCUT2D eigenvalue weighted by molar-refractivity contribution is 0.171. The minimum atomic E-state index is -0.266. The molecule has 1 saturated carbocycles. The van der Waals surface area contributed by atoms with Crippen LogP contribution in [0.4, 0.5) is 0 Å². The zero-order valence-corrected chi connectivity index (χ0v) is 14.3. The highest BCUT2D eigenvalue weighted by Crippen LogP contribution is 2.20. The molecule has 1 aliphatic carbocycles. The molecule has 0 radical (unpaired) electrons. The highest BCUT2D eigenvalue weighted by molar-refractivity contribution is 5.14. The Morgan fingerprint density at radius 3 is 2.48 bits per heavy atom. The Kier molecular flexibility index (Phi) is 5.98. The van der Waals surface area contributed by atoms with Crippen LogP contribution >= 0.6 is 0 Å². The molecule has 0 atom stereocenters. The lowest BCUT2D eigenvalue weighted by Crippen LogP contribution is -2.28. The second-order valence-corrected chi connectivity index (χ2v) is 6.54. The van der Waals surface area contributed by atoms with Crippen LogP contribution in [0.15, 0.2) is 34.6 Å². The van der Waals surface area contributed by atoms with E-state index in [4.69, 9.17) is 4.74 Å². The smallest absolute Gasteiger partial charge is 0.296 e. The van der Waals surface area contributed by atoms with E-state index in [0.717, 1.165) is 25.7 Å². The normalized spacial score (nSPS) is 16.6. The van der Waals surface area contributed by atoms with E-state index in [-0.39, 0.29) is 29.5 Å². The number of nitrogens with zero attached hydrogens (tertiary/aromatic N) is 3. The average Bonchev–Trinajstić information content (AvgIpc) is 2.74. The summed E-state index contributed by atoms with van der Waals surface area (Å²) in [5.74, 6) is 0.257. The fourth-order valence-corrected chi connectivity index (χ4v) is 3.19. The molecule has 1 aliphatic rings. The predicted octanol–water partition coefficient (Wildman–Crippen LogP) is 2.26. The summed E-state index contributed by atoms with van der Waals surface area (Å²) in [5, 5.41) is 0. The van der Waals surface area contributed by atoms with Crippen LogP contribution in [-0.2, 0) is 6.54 Å². The molecule has 1 fully saturated rings. The molecule has 134 valence electrons. The fourth-order valence-electron chi connectivity index (χ4n) is 3.19. The Bertz CT molecular complexity index is 789. The van der Waals surface area contributed by atoms with Crippen LogP contribution in [0.3, 0.4) is 0 Å². The van der Waals surface area contributed by atoms with Gasteiger partial charge >= 0.3 is 0 Å². The summed E-state index contributed by atoms with van der Waals surface area (Å²) in [4.78, 5) is 34.9. The molecule has 2 aromatic heterocycles. The average molecular weight is 344 g/mol. The SMILES string of the molecule is O=c1[nH]cncc1Cn1cncc(OC2CCCCCCCC2)c1=O. The van der Waals surface area contributed by atoms with Crippen molar-refractivity contribution in [3.8, 4) is 5.75 Å². The van der Waals surface area contributed by atoms with Gasteiger partial charge in [-0.3, -0.25) is 14.2 Å². The van der Waals surface area contributed by atoms with E-state index >= 15 is 0 Å². The van der Waals surface area contributed by atoms with Crippen LogP contribution < -0.4 is 15.9 Å². The van der Waals surface area contributed by atoms with E-state index in [1.807, 2.05) is 0 Å². The minimum absolute atomic E-state index is 0.0604. The number of hydrogen-bond acceptors (Lipinski definition) is 5. The molecule has 0 amide bonds. The van der Waals surface area contributed by atoms with E-state index in [1.165, 1.54) is 55.3 Å². The van der Waals surface area contributed by atoms with Gasteiger partial charge in [-0.1, -0.05) is 25.7 Å². The molecule has 7 nitrogen and oxygen atoms in total. The Morgan fingerprint density at radius 1 is 1.04 bits per heavy atom. The molecule has 1 N–H and O–H groups in total. The largest absolute Gasteiger partial charge is 0.483 e. The molecule has 0 bridgehead atoms. The second kappa shape index (κ2) is 8.60. The Balaban J connectivity index is 1.75. The third-order valence-electron chi connectivity index (χ3n) is 4.60. The quantitative estimate of drug-likeness (QED) is 0.919. The monoisotopic (exact) mass is 344 g/mol. The first-order valence-electron chi connectivity index (χ1n) is 8.96. The Hall–Kier alpha value is -2.44. The van der Waals surface area contributed by atoms with Crippen LogP contribution in [0.5, 0.6) is 5.75 Å². The first kappa shape index (κ1) is 17.4. The van der Waals surface area contributed by atoms with E-state index in [2.05, 4.69) is 15.0 Å². The van der Waals surface area contributed by atoms with Crippen LogP contribution in [0, 0.1) is 0 Å². The van der Waals surface area contributed by atoms with Gasteiger partial charge in [-0.05, 0) is 25.7 Å². The van der Waals surface area contributed by atoms with Gasteiger partial charge in [0.2, 0.25) is 5.75 Å². The molecule has 3 rings (SSSR count). The van der Waals surface area contributed by atoms with Gasteiger partial charge in [0.15, 0.2) is 0 Å². The molecule has 7 heteroatoms. The van der Waals surface area contributed by atoms with E-state index < -0.39 is 0 Å². The summed E-state index contributed by atoms with van der Waals surface area (Å²) in [6.45, 7) is 0.122. The standard InChI is InChI=1S/C18H24N4O3/c23-17-14(9-19-12-21-17)11-22-13-20-10-16(18(22)24)25-15-7-5-3-1-2-4-6-8-15/h9-10,12-13,15H,1-8,11H2,(H,19,21,23). The van der Waals surface area contributed by atoms with Crippen molar-refractivity contribution in [3.63, 3.8) is 0 Å². The number of aromatic amines is 1. The molecule has 0 aliphatic heterocycles. The molecule has 0 spiro atoms. The highest BCUT2D eigenvalue weighted by atomic mass is 16.5. The fraction of sp³-hybridized carbons (Fsp3) is 0.556. The van der Waals surface area contributed by atoms with Gasteiger partial charge in [-0.25, -0.2) is 9.97 Å². The molecule has 0 aromatic carbocycles. The van der Waals surface area contributed by atoms with Crippen molar-refractivity contribution in [2.24, 2.45) is 0 Å². The summed E-state index contributed by atoms with van der Waals surface area (Å²) in [7, 11) is 0. The minimum Gasteiger partial charge on any atom is -0.483 e. The van der Waals surface area contributed by atoms with Crippen molar-refractivity contribution < 1.29 is 4.74 Å². The predicted molar refractivity (Wildman–Crippen MR) is 93.8 cm³/mol. The molecule has 2 aromatic rings. The van der Waals surface area contributed by atoms with Crippen LogP contribution in [0.2, 0.25) is 0 Å². The van der Waals surface area contributed by atoms with Gasteiger partial charge in [0, 0.05) is 6.20 Å². The Morgan fingerprint density at radius 2 is 1.76 bits per heavy atom. The van der Waals surface area contributed by atoms with Gasteiger partial charge in [0.25, 0.3) is 11.1 Å². The molecule has 0 saturated heterocycles. The third-order valence-corrected chi connectivity index (χ3v) is 4.60. The van der Waals surface area contributed by atoms with E-state index in [0.29, 0.717) is 5.56 Å². The van der Waals surface area contributed by atoms with Gasteiger partial charge in [0.1, 0.15) is 0 Å². The molecular formula is C18H24N4O3. The summed E-state index contributed by atoms with van der Waals surface area (Å²) < 4.78 is 7.37. The first-order valence-corrected chi connectivity index (χ1v) is 8.96. The Labute approximate surface area is 146 Å². The van der Waals surface area contributed by atoms with Gasteiger partial charge in [0.05, 0.1) is 37.1 Å². The third kappa shape index (κ3) is 4.78. The summed E-state index contributed by atoms with van der Waals surface area (Å²) >= 11 is 0. The van der Waals surface area contributed by atoms with Crippen molar-refractivity contribution >= 4 is 0 Å². The number of hydrogen-bond donors (Lipinski definition) is 1. The molecular weight excluding hydrogens is 320 g/mol. The van der Waals surface area contributed by atoms with Crippen molar-refractivity contribution in [2.75, 3.05) is 0 Å². The summed E-state index contributed by atoms with van der Waals surface area (Å²) in [6.07, 6.45) is 14.9. The molecule has 25 heavy (non-hydrogen) atoms. The molecule has 2 heterocycles. The number of rotatable bonds is 4. The van der Waals surface area contributed by atoms with Crippen LogP contribution in [0.1, 0.15) is 56.9 Å². The summed E-state index contributed by atoms with van der Waals surface area (Å²) in [6, 6.07) is 0. The van der Waals surface area contributed by atoms with Crippen molar-refractivity contribution in [1.82, 2.24) is 19.5 Å². The lowest BCUT2D eigenvalue weighted by atomic mass is 10.1. The van der Waals surface area contributed by atoms with Crippen LogP contribution in [-0.4, -0.2) is 25.6 Å². The molecule has 0 unspecified atom stereocenters. The second-order valence-electron chi connectivity index (χ2n) is 6.54. The first-order chi connectivity index (χ1) is 12.2. The van der Waals surface area contributed by atoms with Gasteiger partial charge < -0.3 is 9.72 Å². The number of aromatic nitrogens is 4. The van der Waals surface area contributed by atoms with Crippen molar-refractivity contribution in [2.45, 2.75) is 64.0 Å². The van der Waals surface area contributed by atoms with Crippen molar-refractivity contribution in [1.29, 1.82) is 0 Å². The van der Waals surface area contributed by atoms with E-state index in [9.17, 15) is 9.59 Å². The van der Waals surface area contributed by atoms with Gasteiger partial charge in [-0.15, -0.1) is 0 Å². The lowest BCUT2D eigenvalue weighted by Gasteiger charge is -2.18. The zero-order valence-electron chi connectivity index (χ0n) is 14.3. The van der Waals surface area contributed by atoms with Crippen LogP contribution in [0.25, 0.3) is 0 Å².